The lowest BCUT2D eigenvalue weighted by molar-refractivity contribution is -0.862. The first kappa shape index (κ1) is 19.4. The first-order valence-electron chi connectivity index (χ1n) is 8.33. The van der Waals surface area contributed by atoms with Crippen molar-refractivity contribution < 1.29 is 14.5 Å². The number of hydrogen-bond donors (Lipinski definition) is 3. The predicted octanol–water partition coefficient (Wildman–Crippen LogP) is 1.02. The SMILES string of the molecule is Cc1cc(Br)ccc1NC(=O)C[NH+](C)CC(=O)N[C@](C)(C#N)C1CC1. The van der Waals surface area contributed by atoms with E-state index in [1.807, 2.05) is 25.1 Å². The number of anilines is 1. The fraction of sp³-hybridized carbons (Fsp3) is 0.500. The summed E-state index contributed by atoms with van der Waals surface area (Å²) in [6, 6.07) is 7.84. The zero-order chi connectivity index (χ0) is 18.6. The van der Waals surface area contributed by atoms with Crippen molar-refractivity contribution in [2.24, 2.45) is 5.92 Å². The molecule has 0 aliphatic heterocycles. The standard InChI is InChI=1S/C18H23BrN4O2/c1-12-8-14(19)6-7-15(12)21-16(24)9-23(3)10-17(25)22-18(2,11-20)13-4-5-13/h6-8,13H,4-5,9-10H2,1-3H3,(H,21,24)(H,22,25)/p+1/t18-/m1/s1. The van der Waals surface area contributed by atoms with Gasteiger partial charge in [-0.3, -0.25) is 9.59 Å². The summed E-state index contributed by atoms with van der Waals surface area (Å²) in [6.45, 7) is 4.01. The van der Waals surface area contributed by atoms with Crippen LogP contribution in [0.25, 0.3) is 0 Å². The number of carbonyl (C=O) groups excluding carboxylic acids is 2. The summed E-state index contributed by atoms with van der Waals surface area (Å²) in [5, 5.41) is 15.0. The largest absolute Gasteiger partial charge is 0.333 e. The molecule has 7 heteroatoms. The molecule has 0 bridgehead atoms. The maximum Gasteiger partial charge on any atom is 0.279 e. The van der Waals surface area contributed by atoms with Crippen molar-refractivity contribution in [2.75, 3.05) is 25.5 Å². The Bertz CT molecular complexity index is 712. The van der Waals surface area contributed by atoms with Crippen LogP contribution in [0.5, 0.6) is 0 Å². The highest BCUT2D eigenvalue weighted by Crippen LogP contribution is 2.39. The second-order valence-electron chi connectivity index (χ2n) is 6.95. The van der Waals surface area contributed by atoms with Crippen LogP contribution in [0.2, 0.25) is 0 Å². The number of amides is 2. The molecule has 0 saturated heterocycles. The lowest BCUT2D eigenvalue weighted by Gasteiger charge is -2.23. The minimum absolute atomic E-state index is 0.150. The van der Waals surface area contributed by atoms with Crippen molar-refractivity contribution in [1.82, 2.24) is 5.32 Å². The van der Waals surface area contributed by atoms with Crippen LogP contribution in [0, 0.1) is 24.2 Å². The highest BCUT2D eigenvalue weighted by molar-refractivity contribution is 9.10. The second kappa shape index (κ2) is 7.98. The van der Waals surface area contributed by atoms with Gasteiger partial charge in [0, 0.05) is 10.2 Å². The zero-order valence-corrected chi connectivity index (χ0v) is 16.4. The Morgan fingerprint density at radius 1 is 1.36 bits per heavy atom. The van der Waals surface area contributed by atoms with Crippen LogP contribution in [-0.2, 0) is 9.59 Å². The molecule has 1 aromatic rings. The number of halogens is 1. The van der Waals surface area contributed by atoms with Crippen molar-refractivity contribution in [3.05, 3.63) is 28.2 Å². The number of likely N-dealkylation sites (N-methyl/N-ethyl adjacent to an activating group) is 1. The summed E-state index contributed by atoms with van der Waals surface area (Å²) in [5.41, 5.74) is 0.928. The molecule has 3 N–H and O–H groups in total. The van der Waals surface area contributed by atoms with E-state index in [1.54, 1.807) is 14.0 Å². The third-order valence-corrected chi connectivity index (χ3v) is 4.91. The van der Waals surface area contributed by atoms with E-state index in [2.05, 4.69) is 32.6 Å². The smallest absolute Gasteiger partial charge is 0.279 e. The van der Waals surface area contributed by atoms with E-state index in [4.69, 9.17) is 0 Å². The molecule has 0 radical (unpaired) electrons. The van der Waals surface area contributed by atoms with E-state index in [-0.39, 0.29) is 30.8 Å². The molecule has 0 heterocycles. The van der Waals surface area contributed by atoms with E-state index in [1.165, 1.54) is 0 Å². The third-order valence-electron chi connectivity index (χ3n) is 4.41. The number of quaternary nitrogens is 1. The summed E-state index contributed by atoms with van der Waals surface area (Å²) in [5.74, 6) is -0.118. The van der Waals surface area contributed by atoms with Gasteiger partial charge in [-0.05, 0) is 56.4 Å². The quantitative estimate of drug-likeness (QED) is 0.630. The van der Waals surface area contributed by atoms with Crippen molar-refractivity contribution in [1.29, 1.82) is 5.26 Å². The molecule has 1 aromatic carbocycles. The average Bonchev–Trinajstić information content (AvgIpc) is 3.34. The van der Waals surface area contributed by atoms with Crippen LogP contribution in [0.3, 0.4) is 0 Å². The molecule has 2 amide bonds. The number of aryl methyl sites for hydroxylation is 1. The molecule has 6 nitrogen and oxygen atoms in total. The van der Waals surface area contributed by atoms with Gasteiger partial charge in [0.1, 0.15) is 5.54 Å². The second-order valence-corrected chi connectivity index (χ2v) is 7.87. The summed E-state index contributed by atoms with van der Waals surface area (Å²) in [4.78, 5) is 25.1. The lowest BCUT2D eigenvalue weighted by atomic mass is 9.98. The molecular formula is C18H24BrN4O2+. The number of carbonyl (C=O) groups is 2. The van der Waals surface area contributed by atoms with E-state index in [0.29, 0.717) is 0 Å². The van der Waals surface area contributed by atoms with Gasteiger partial charge in [0.15, 0.2) is 13.1 Å². The Morgan fingerprint density at radius 2 is 2.00 bits per heavy atom. The van der Waals surface area contributed by atoms with E-state index < -0.39 is 5.54 Å². The van der Waals surface area contributed by atoms with Crippen LogP contribution in [0.1, 0.15) is 25.3 Å². The van der Waals surface area contributed by atoms with Gasteiger partial charge in [-0.15, -0.1) is 0 Å². The molecule has 1 aliphatic carbocycles. The van der Waals surface area contributed by atoms with Crippen LogP contribution < -0.4 is 15.5 Å². The van der Waals surface area contributed by atoms with Crippen LogP contribution >= 0.6 is 15.9 Å². The maximum absolute atomic E-state index is 12.2. The van der Waals surface area contributed by atoms with E-state index in [9.17, 15) is 14.9 Å². The average molecular weight is 408 g/mol. The molecule has 2 atom stereocenters. The fourth-order valence-corrected chi connectivity index (χ4v) is 3.26. The Kier molecular flexibility index (Phi) is 6.20. The molecule has 2 rings (SSSR count). The number of nitriles is 1. The number of rotatable bonds is 7. The predicted molar refractivity (Wildman–Crippen MR) is 99.0 cm³/mol. The third kappa shape index (κ3) is 5.55. The highest BCUT2D eigenvalue weighted by atomic mass is 79.9. The van der Waals surface area contributed by atoms with Crippen molar-refractivity contribution in [2.45, 2.75) is 32.2 Å². The number of nitrogens with zero attached hydrogens (tertiary/aromatic N) is 1. The van der Waals surface area contributed by atoms with Gasteiger partial charge in [0.2, 0.25) is 0 Å². The Labute approximate surface area is 156 Å². The monoisotopic (exact) mass is 407 g/mol. The topological polar surface area (TPSA) is 86.4 Å². The first-order valence-corrected chi connectivity index (χ1v) is 9.12. The highest BCUT2D eigenvalue weighted by Gasteiger charge is 2.43. The van der Waals surface area contributed by atoms with Gasteiger partial charge in [0.25, 0.3) is 11.8 Å². The maximum atomic E-state index is 12.2. The fourth-order valence-electron chi connectivity index (χ4n) is 2.79. The van der Waals surface area contributed by atoms with Gasteiger partial charge in [-0.2, -0.15) is 5.26 Å². The summed E-state index contributed by atoms with van der Waals surface area (Å²) < 4.78 is 0.957. The van der Waals surface area contributed by atoms with Gasteiger partial charge in [-0.1, -0.05) is 15.9 Å². The molecule has 1 unspecified atom stereocenters. The van der Waals surface area contributed by atoms with Crippen LogP contribution in [0.4, 0.5) is 5.69 Å². The Morgan fingerprint density at radius 3 is 2.56 bits per heavy atom. The number of hydrogen-bond acceptors (Lipinski definition) is 3. The zero-order valence-electron chi connectivity index (χ0n) is 14.8. The van der Waals surface area contributed by atoms with Crippen LogP contribution in [-0.4, -0.2) is 37.5 Å². The molecule has 1 fully saturated rings. The molecule has 25 heavy (non-hydrogen) atoms. The summed E-state index contributed by atoms with van der Waals surface area (Å²) in [7, 11) is 1.79. The molecular weight excluding hydrogens is 384 g/mol. The molecule has 134 valence electrons. The Hall–Kier alpha value is -1.91. The Balaban J connectivity index is 1.82. The summed E-state index contributed by atoms with van der Waals surface area (Å²) >= 11 is 3.39. The van der Waals surface area contributed by atoms with Crippen LogP contribution in [0.15, 0.2) is 22.7 Å². The summed E-state index contributed by atoms with van der Waals surface area (Å²) in [6.07, 6.45) is 1.95. The van der Waals surface area contributed by atoms with Gasteiger partial charge < -0.3 is 15.5 Å². The van der Waals surface area contributed by atoms with E-state index >= 15 is 0 Å². The lowest BCUT2D eigenvalue weighted by Crippen LogP contribution is -3.11. The number of nitrogens with one attached hydrogen (secondary N) is 3. The van der Waals surface area contributed by atoms with Crippen molar-refractivity contribution in [3.63, 3.8) is 0 Å². The minimum atomic E-state index is -0.797. The molecule has 0 aromatic heterocycles. The first-order chi connectivity index (χ1) is 11.7. The minimum Gasteiger partial charge on any atom is -0.333 e. The number of benzene rings is 1. The van der Waals surface area contributed by atoms with Gasteiger partial charge in [0.05, 0.1) is 13.1 Å². The molecule has 1 saturated carbocycles. The molecule has 1 aliphatic rings. The van der Waals surface area contributed by atoms with E-state index in [0.717, 1.165) is 33.5 Å². The van der Waals surface area contributed by atoms with Gasteiger partial charge in [-0.25, -0.2) is 0 Å². The van der Waals surface area contributed by atoms with Gasteiger partial charge >= 0.3 is 0 Å². The van der Waals surface area contributed by atoms with Crippen molar-refractivity contribution >= 4 is 33.4 Å². The van der Waals surface area contributed by atoms with Crippen molar-refractivity contribution in [3.8, 4) is 6.07 Å². The molecule has 0 spiro atoms. The normalized spacial score (nSPS) is 17.1.